The van der Waals surface area contributed by atoms with E-state index < -0.39 is 5.41 Å². The van der Waals surface area contributed by atoms with Crippen LogP contribution in [-0.4, -0.2) is 5.97 Å². The van der Waals surface area contributed by atoms with Gasteiger partial charge in [0.1, 0.15) is 5.75 Å². The molecule has 0 bridgehead atoms. The first-order chi connectivity index (χ1) is 11.0. The molecule has 23 heavy (non-hydrogen) atoms. The lowest BCUT2D eigenvalue weighted by Gasteiger charge is -2.19. The second kappa shape index (κ2) is 5.88. The minimum absolute atomic E-state index is 0.231. The Labute approximate surface area is 136 Å². The van der Waals surface area contributed by atoms with Gasteiger partial charge in [0, 0.05) is 10.9 Å². The fraction of sp³-hybridized carbons (Fsp3) is 0.190. The fourth-order valence-corrected chi connectivity index (χ4v) is 2.44. The predicted octanol–water partition coefficient (Wildman–Crippen LogP) is 5.46. The minimum atomic E-state index is -0.551. The van der Waals surface area contributed by atoms with E-state index in [2.05, 4.69) is 6.07 Å². The number of rotatable bonds is 2. The number of esters is 1. The van der Waals surface area contributed by atoms with Crippen LogP contribution >= 0.6 is 0 Å². The maximum absolute atomic E-state index is 12.4. The summed E-state index contributed by atoms with van der Waals surface area (Å²) in [4.78, 5) is 12.4. The summed E-state index contributed by atoms with van der Waals surface area (Å²) >= 11 is 0. The quantitative estimate of drug-likeness (QED) is 0.464. The predicted molar refractivity (Wildman–Crippen MR) is 94.5 cm³/mol. The zero-order valence-electron chi connectivity index (χ0n) is 13.7. The second-order valence-electron chi connectivity index (χ2n) is 6.67. The van der Waals surface area contributed by atoms with Gasteiger partial charge >= 0.3 is 5.97 Å². The van der Waals surface area contributed by atoms with Crippen molar-refractivity contribution in [3.05, 3.63) is 66.7 Å². The molecule has 116 valence electrons. The van der Waals surface area contributed by atoms with E-state index in [9.17, 15) is 4.79 Å². The van der Waals surface area contributed by atoms with E-state index in [-0.39, 0.29) is 5.97 Å². The monoisotopic (exact) mass is 304 g/mol. The first-order valence-corrected chi connectivity index (χ1v) is 7.76. The van der Waals surface area contributed by atoms with Crippen molar-refractivity contribution >= 4 is 16.7 Å². The zero-order chi connectivity index (χ0) is 16.4. The van der Waals surface area contributed by atoms with Crippen LogP contribution in [0.4, 0.5) is 0 Å². The van der Waals surface area contributed by atoms with Gasteiger partial charge in [0.05, 0.1) is 5.41 Å². The van der Waals surface area contributed by atoms with E-state index in [4.69, 9.17) is 4.74 Å². The molecule has 3 aromatic carbocycles. The molecule has 0 radical (unpaired) electrons. The molecule has 3 rings (SSSR count). The van der Waals surface area contributed by atoms with Crippen molar-refractivity contribution in [3.8, 4) is 16.9 Å². The lowest BCUT2D eigenvalue weighted by Crippen LogP contribution is -2.25. The Bertz CT molecular complexity index is 843. The van der Waals surface area contributed by atoms with Gasteiger partial charge < -0.3 is 4.74 Å². The molecule has 0 aromatic heterocycles. The number of carbonyl (C=O) groups is 1. The van der Waals surface area contributed by atoms with Crippen LogP contribution < -0.4 is 4.74 Å². The normalized spacial score (nSPS) is 11.4. The summed E-state index contributed by atoms with van der Waals surface area (Å²) in [7, 11) is 0. The van der Waals surface area contributed by atoms with Gasteiger partial charge in [-0.1, -0.05) is 60.7 Å². The topological polar surface area (TPSA) is 26.3 Å². The number of fused-ring (bicyclic) bond motifs is 1. The molecule has 0 saturated carbocycles. The molecule has 0 saturated heterocycles. The molecule has 3 aromatic rings. The van der Waals surface area contributed by atoms with Crippen LogP contribution in [0, 0.1) is 5.41 Å². The average molecular weight is 304 g/mol. The van der Waals surface area contributed by atoms with E-state index in [1.165, 1.54) is 0 Å². The van der Waals surface area contributed by atoms with Crippen LogP contribution in [0.2, 0.25) is 0 Å². The van der Waals surface area contributed by atoms with E-state index in [0.29, 0.717) is 5.75 Å². The molecular weight excluding hydrogens is 284 g/mol. The summed E-state index contributed by atoms with van der Waals surface area (Å²) in [6, 6.07) is 22.0. The molecule has 0 fully saturated rings. The Hall–Kier alpha value is -2.61. The Balaban J connectivity index is 2.20. The molecule has 2 heteroatoms. The SMILES string of the molecule is CC(C)(C)C(=O)Oc1c(-c2ccccc2)ccc2ccccc12. The molecule has 0 atom stereocenters. The van der Waals surface area contributed by atoms with Gasteiger partial charge in [-0.3, -0.25) is 4.79 Å². The third-order valence-corrected chi connectivity index (χ3v) is 3.77. The third kappa shape index (κ3) is 3.11. The van der Waals surface area contributed by atoms with Crippen molar-refractivity contribution in [3.63, 3.8) is 0 Å². The largest absolute Gasteiger partial charge is 0.425 e. The molecule has 0 spiro atoms. The van der Waals surface area contributed by atoms with Crippen LogP contribution in [0.1, 0.15) is 20.8 Å². The van der Waals surface area contributed by atoms with Crippen molar-refractivity contribution < 1.29 is 9.53 Å². The van der Waals surface area contributed by atoms with E-state index in [0.717, 1.165) is 21.9 Å². The number of benzene rings is 3. The lowest BCUT2D eigenvalue weighted by molar-refractivity contribution is -0.142. The smallest absolute Gasteiger partial charge is 0.316 e. The standard InChI is InChI=1S/C21H20O2/c1-21(2,3)20(22)23-19-17-12-8-7-11-16(17)13-14-18(19)15-9-5-4-6-10-15/h4-14H,1-3H3. The summed E-state index contributed by atoms with van der Waals surface area (Å²) in [5, 5.41) is 2.01. The summed E-state index contributed by atoms with van der Waals surface area (Å²) in [5.41, 5.74) is 1.42. The molecule has 0 amide bonds. The average Bonchev–Trinajstić information content (AvgIpc) is 2.55. The summed E-state index contributed by atoms with van der Waals surface area (Å²) in [6.07, 6.45) is 0. The first kappa shape index (κ1) is 15.3. The van der Waals surface area contributed by atoms with Gasteiger partial charge in [0.2, 0.25) is 0 Å². The molecule has 0 N–H and O–H groups in total. The summed E-state index contributed by atoms with van der Waals surface area (Å²) in [5.74, 6) is 0.403. The van der Waals surface area contributed by atoms with Gasteiger partial charge in [0.15, 0.2) is 0 Å². The van der Waals surface area contributed by atoms with Crippen molar-refractivity contribution in [2.75, 3.05) is 0 Å². The zero-order valence-corrected chi connectivity index (χ0v) is 13.7. The lowest BCUT2D eigenvalue weighted by atomic mass is 9.96. The highest BCUT2D eigenvalue weighted by molar-refractivity contribution is 5.97. The fourth-order valence-electron chi connectivity index (χ4n) is 2.44. The van der Waals surface area contributed by atoms with Crippen LogP contribution in [0.3, 0.4) is 0 Å². The maximum atomic E-state index is 12.4. The van der Waals surface area contributed by atoms with Crippen molar-refractivity contribution in [1.29, 1.82) is 0 Å². The molecule has 0 aliphatic rings. The van der Waals surface area contributed by atoms with Gasteiger partial charge in [-0.15, -0.1) is 0 Å². The highest BCUT2D eigenvalue weighted by Gasteiger charge is 2.25. The molecule has 0 aliphatic carbocycles. The van der Waals surface area contributed by atoms with E-state index >= 15 is 0 Å². The Morgan fingerprint density at radius 3 is 2.17 bits per heavy atom. The van der Waals surface area contributed by atoms with E-state index in [1.807, 2.05) is 81.4 Å². The van der Waals surface area contributed by atoms with Gasteiger partial charge in [-0.2, -0.15) is 0 Å². The molecule has 0 heterocycles. The van der Waals surface area contributed by atoms with Crippen LogP contribution in [0.25, 0.3) is 21.9 Å². The molecule has 0 aliphatic heterocycles. The number of hydrogen-bond acceptors (Lipinski definition) is 2. The van der Waals surface area contributed by atoms with Crippen molar-refractivity contribution in [2.45, 2.75) is 20.8 Å². The Morgan fingerprint density at radius 1 is 0.826 bits per heavy atom. The Kier molecular flexibility index (Phi) is 3.91. The summed E-state index contributed by atoms with van der Waals surface area (Å²) in [6.45, 7) is 5.59. The molecular formula is C21H20O2. The first-order valence-electron chi connectivity index (χ1n) is 7.76. The van der Waals surface area contributed by atoms with Gasteiger partial charge in [-0.05, 0) is 37.8 Å². The molecule has 2 nitrogen and oxygen atoms in total. The van der Waals surface area contributed by atoms with Crippen LogP contribution in [-0.2, 0) is 4.79 Å². The van der Waals surface area contributed by atoms with Crippen molar-refractivity contribution in [1.82, 2.24) is 0 Å². The number of carbonyl (C=O) groups excluding carboxylic acids is 1. The minimum Gasteiger partial charge on any atom is -0.425 e. The van der Waals surface area contributed by atoms with Crippen molar-refractivity contribution in [2.24, 2.45) is 5.41 Å². The maximum Gasteiger partial charge on any atom is 0.316 e. The number of ether oxygens (including phenoxy) is 1. The van der Waals surface area contributed by atoms with Gasteiger partial charge in [0.25, 0.3) is 0 Å². The Morgan fingerprint density at radius 2 is 1.48 bits per heavy atom. The van der Waals surface area contributed by atoms with Gasteiger partial charge in [-0.25, -0.2) is 0 Å². The van der Waals surface area contributed by atoms with E-state index in [1.54, 1.807) is 0 Å². The number of hydrogen-bond donors (Lipinski definition) is 0. The third-order valence-electron chi connectivity index (χ3n) is 3.77. The molecule has 0 unspecified atom stereocenters. The highest BCUT2D eigenvalue weighted by Crippen LogP contribution is 2.37. The van der Waals surface area contributed by atoms with Crippen LogP contribution in [0.5, 0.6) is 5.75 Å². The summed E-state index contributed by atoms with van der Waals surface area (Å²) < 4.78 is 5.84. The highest BCUT2D eigenvalue weighted by atomic mass is 16.5. The van der Waals surface area contributed by atoms with Crippen LogP contribution in [0.15, 0.2) is 66.7 Å². The second-order valence-corrected chi connectivity index (χ2v) is 6.67.